The van der Waals surface area contributed by atoms with Gasteiger partial charge in [-0.3, -0.25) is 4.79 Å². The van der Waals surface area contributed by atoms with Crippen LogP contribution in [0.2, 0.25) is 0 Å². The van der Waals surface area contributed by atoms with E-state index >= 15 is 0 Å². The third-order valence-corrected chi connectivity index (χ3v) is 6.91. The Bertz CT molecular complexity index is 915. The van der Waals surface area contributed by atoms with Gasteiger partial charge in [0, 0.05) is 10.8 Å². The standard InChI is InChI=1S/C10H16O.2C10H12O/c1-9(2)7-4-5-10(3,6-7)8(9)11;2*1-3-4-9-5-7-10(11-2)8-6-9/h7H,4-6H2,1-3H3;3-8H,1-2H3;3,5-8H,1,4H2,2H3. The van der Waals surface area contributed by atoms with E-state index in [1.807, 2.05) is 67.6 Å². The van der Waals surface area contributed by atoms with Gasteiger partial charge >= 0.3 is 0 Å². The molecule has 2 aromatic carbocycles. The van der Waals surface area contributed by atoms with E-state index in [9.17, 15) is 4.79 Å². The molecule has 2 aliphatic carbocycles. The van der Waals surface area contributed by atoms with Crippen molar-refractivity contribution >= 4 is 11.9 Å². The molecule has 33 heavy (non-hydrogen) atoms. The molecule has 3 heteroatoms. The number of rotatable bonds is 5. The number of carbonyl (C=O) groups excluding carboxylic acids is 1. The number of hydrogen-bond donors (Lipinski definition) is 0. The first kappa shape index (κ1) is 26.4. The van der Waals surface area contributed by atoms with Crippen molar-refractivity contribution in [3.05, 3.63) is 78.4 Å². The molecule has 2 atom stereocenters. The lowest BCUT2D eigenvalue weighted by Gasteiger charge is -2.31. The average Bonchev–Trinajstić information content (AvgIpc) is 3.31. The fourth-order valence-corrected chi connectivity index (χ4v) is 4.86. The molecule has 4 rings (SSSR count). The molecule has 2 aliphatic rings. The van der Waals surface area contributed by atoms with E-state index in [1.165, 1.54) is 17.5 Å². The smallest absolute Gasteiger partial charge is 0.144 e. The van der Waals surface area contributed by atoms with Gasteiger partial charge in [-0.15, -0.1) is 6.58 Å². The van der Waals surface area contributed by atoms with E-state index in [1.54, 1.807) is 14.2 Å². The molecule has 0 aliphatic heterocycles. The lowest BCUT2D eigenvalue weighted by atomic mass is 9.72. The van der Waals surface area contributed by atoms with Crippen molar-refractivity contribution in [1.82, 2.24) is 0 Å². The molecular weight excluding hydrogens is 408 g/mol. The van der Waals surface area contributed by atoms with E-state index in [0.29, 0.717) is 11.7 Å². The van der Waals surface area contributed by atoms with Crippen molar-refractivity contribution in [2.24, 2.45) is 16.7 Å². The first-order chi connectivity index (χ1) is 15.7. The van der Waals surface area contributed by atoms with Crippen LogP contribution in [0.4, 0.5) is 0 Å². The molecule has 0 spiro atoms. The molecule has 0 heterocycles. The Morgan fingerprint density at radius 3 is 1.88 bits per heavy atom. The number of carbonyl (C=O) groups is 1. The summed E-state index contributed by atoms with van der Waals surface area (Å²) < 4.78 is 10.0. The number of hydrogen-bond acceptors (Lipinski definition) is 3. The Morgan fingerprint density at radius 1 is 0.970 bits per heavy atom. The summed E-state index contributed by atoms with van der Waals surface area (Å²) in [6.45, 7) is 12.0. The van der Waals surface area contributed by atoms with E-state index in [0.717, 1.165) is 30.8 Å². The summed E-state index contributed by atoms with van der Waals surface area (Å²) in [6, 6.07) is 16.0. The quantitative estimate of drug-likeness (QED) is 0.443. The summed E-state index contributed by atoms with van der Waals surface area (Å²) in [7, 11) is 3.34. The lowest BCUT2D eigenvalue weighted by Crippen LogP contribution is -2.35. The first-order valence-corrected chi connectivity index (χ1v) is 11.8. The molecule has 0 amide bonds. The summed E-state index contributed by atoms with van der Waals surface area (Å²) in [4.78, 5) is 11.8. The van der Waals surface area contributed by atoms with Crippen LogP contribution in [0.1, 0.15) is 58.1 Å². The van der Waals surface area contributed by atoms with Crippen LogP contribution in [0.5, 0.6) is 11.5 Å². The van der Waals surface area contributed by atoms with Crippen molar-refractivity contribution in [3.63, 3.8) is 0 Å². The summed E-state index contributed by atoms with van der Waals surface area (Å²) in [5.74, 6) is 3.00. The van der Waals surface area contributed by atoms with Gasteiger partial charge in [-0.05, 0) is 73.9 Å². The molecule has 178 valence electrons. The first-order valence-electron chi connectivity index (χ1n) is 11.8. The highest BCUT2D eigenvalue weighted by molar-refractivity contribution is 5.92. The maximum Gasteiger partial charge on any atom is 0.144 e. The van der Waals surface area contributed by atoms with Gasteiger partial charge in [0.1, 0.15) is 17.3 Å². The average molecular weight is 449 g/mol. The van der Waals surface area contributed by atoms with Crippen LogP contribution < -0.4 is 9.47 Å². The number of benzene rings is 2. The van der Waals surface area contributed by atoms with Crippen molar-refractivity contribution in [2.75, 3.05) is 14.2 Å². The van der Waals surface area contributed by atoms with Crippen LogP contribution >= 0.6 is 0 Å². The number of fused-ring (bicyclic) bond motifs is 2. The van der Waals surface area contributed by atoms with Gasteiger partial charge in [-0.25, -0.2) is 0 Å². The van der Waals surface area contributed by atoms with Crippen molar-refractivity contribution < 1.29 is 14.3 Å². The van der Waals surface area contributed by atoms with Crippen LogP contribution in [0.25, 0.3) is 6.08 Å². The molecular formula is C30H40O3. The SMILES string of the molecule is C=CCc1ccc(OC)cc1.CC12CCC(C1)C(C)(C)C2=O.CC=Cc1ccc(OC)cc1. The maximum absolute atomic E-state index is 11.8. The van der Waals surface area contributed by atoms with Crippen LogP contribution in [0.3, 0.4) is 0 Å². The maximum atomic E-state index is 11.8. The number of methoxy groups -OCH3 is 2. The Labute approximate surface area is 200 Å². The van der Waals surface area contributed by atoms with Gasteiger partial charge in [-0.1, -0.05) is 63.3 Å². The summed E-state index contributed by atoms with van der Waals surface area (Å²) in [5, 5.41) is 0. The predicted molar refractivity (Wildman–Crippen MR) is 139 cm³/mol. The molecule has 0 aromatic heterocycles. The highest BCUT2D eigenvalue weighted by Crippen LogP contribution is 2.59. The summed E-state index contributed by atoms with van der Waals surface area (Å²) in [5.41, 5.74) is 2.52. The van der Waals surface area contributed by atoms with E-state index in [4.69, 9.17) is 9.47 Å². The minimum atomic E-state index is -0.00694. The Kier molecular flexibility index (Phi) is 9.52. The third kappa shape index (κ3) is 6.83. The Morgan fingerprint density at radius 2 is 1.52 bits per heavy atom. The van der Waals surface area contributed by atoms with Crippen molar-refractivity contribution in [1.29, 1.82) is 0 Å². The molecule has 3 nitrogen and oxygen atoms in total. The van der Waals surface area contributed by atoms with Crippen LogP contribution in [-0.4, -0.2) is 20.0 Å². The zero-order valence-corrected chi connectivity index (χ0v) is 21.2. The van der Waals surface area contributed by atoms with Gasteiger partial charge < -0.3 is 9.47 Å². The normalized spacial score (nSPS) is 22.1. The van der Waals surface area contributed by atoms with E-state index < -0.39 is 0 Å². The number of ether oxygens (including phenoxy) is 2. The van der Waals surface area contributed by atoms with Crippen LogP contribution in [-0.2, 0) is 11.2 Å². The molecule has 0 N–H and O–H groups in total. The zero-order valence-electron chi connectivity index (χ0n) is 21.2. The second kappa shape index (κ2) is 11.9. The fraction of sp³-hybridized carbons (Fsp3) is 0.433. The zero-order chi connectivity index (χ0) is 24.5. The van der Waals surface area contributed by atoms with Crippen molar-refractivity contribution in [2.45, 2.75) is 53.4 Å². The highest BCUT2D eigenvalue weighted by Gasteiger charge is 2.58. The molecule has 2 unspecified atom stereocenters. The number of allylic oxidation sites excluding steroid dienone is 2. The van der Waals surface area contributed by atoms with Gasteiger partial charge in [0.15, 0.2) is 0 Å². The summed E-state index contributed by atoms with van der Waals surface area (Å²) in [6.07, 6.45) is 10.4. The molecule has 0 saturated heterocycles. The second-order valence-corrected chi connectivity index (χ2v) is 9.67. The monoisotopic (exact) mass is 448 g/mol. The molecule has 2 fully saturated rings. The largest absolute Gasteiger partial charge is 0.497 e. The predicted octanol–water partition coefficient (Wildman–Crippen LogP) is 7.55. The van der Waals surface area contributed by atoms with Crippen molar-refractivity contribution in [3.8, 4) is 11.5 Å². The fourth-order valence-electron chi connectivity index (χ4n) is 4.86. The minimum absolute atomic E-state index is 0.00694. The molecule has 2 bridgehead atoms. The summed E-state index contributed by atoms with van der Waals surface area (Å²) >= 11 is 0. The number of Topliss-reactive ketones (excluding diaryl/α,β-unsaturated/α-hetero) is 1. The third-order valence-electron chi connectivity index (χ3n) is 6.91. The second-order valence-electron chi connectivity index (χ2n) is 9.67. The lowest BCUT2D eigenvalue weighted by molar-refractivity contribution is -0.134. The van der Waals surface area contributed by atoms with Gasteiger partial charge in [0.25, 0.3) is 0 Å². The molecule has 2 aromatic rings. The van der Waals surface area contributed by atoms with Crippen LogP contribution in [0.15, 0.2) is 67.3 Å². The number of ketones is 1. The minimum Gasteiger partial charge on any atom is -0.497 e. The van der Waals surface area contributed by atoms with E-state index in [2.05, 4.69) is 33.4 Å². The Hall–Kier alpha value is -2.81. The van der Waals surface area contributed by atoms with Gasteiger partial charge in [0.2, 0.25) is 0 Å². The van der Waals surface area contributed by atoms with Gasteiger partial charge in [0.05, 0.1) is 14.2 Å². The topological polar surface area (TPSA) is 35.5 Å². The van der Waals surface area contributed by atoms with Crippen LogP contribution in [0, 0.1) is 16.7 Å². The van der Waals surface area contributed by atoms with Gasteiger partial charge in [-0.2, -0.15) is 0 Å². The Balaban J connectivity index is 0.000000175. The molecule has 0 radical (unpaired) electrons. The highest BCUT2D eigenvalue weighted by atomic mass is 16.5. The van der Waals surface area contributed by atoms with E-state index in [-0.39, 0.29) is 10.8 Å². The molecule has 2 saturated carbocycles.